The van der Waals surface area contributed by atoms with Crippen LogP contribution in [0.3, 0.4) is 0 Å². The van der Waals surface area contributed by atoms with E-state index in [1.54, 1.807) is 0 Å². The normalized spacial score (nSPS) is 22.4. The minimum Gasteiger partial charge on any atom is -0.310 e. The highest BCUT2D eigenvalue weighted by Crippen LogP contribution is 2.25. The summed E-state index contributed by atoms with van der Waals surface area (Å²) < 4.78 is 26.5. The van der Waals surface area contributed by atoms with Crippen molar-refractivity contribution < 1.29 is 8.78 Å². The van der Waals surface area contributed by atoms with Crippen LogP contribution in [0.25, 0.3) is 0 Å². The minimum absolute atomic E-state index is 0.0248. The molecule has 1 heterocycles. The molecule has 0 aliphatic carbocycles. The van der Waals surface area contributed by atoms with Gasteiger partial charge in [0.05, 0.1) is 0 Å². The van der Waals surface area contributed by atoms with Crippen LogP contribution in [0.5, 0.6) is 0 Å². The van der Waals surface area contributed by atoms with E-state index in [4.69, 9.17) is 0 Å². The van der Waals surface area contributed by atoms with E-state index in [1.807, 2.05) is 0 Å². The van der Waals surface area contributed by atoms with Gasteiger partial charge in [-0.3, -0.25) is 0 Å². The summed E-state index contributed by atoms with van der Waals surface area (Å²) in [5, 5.41) is 3.26. The largest absolute Gasteiger partial charge is 0.310 e. The van der Waals surface area contributed by atoms with Crippen molar-refractivity contribution in [1.29, 1.82) is 0 Å². The van der Waals surface area contributed by atoms with Gasteiger partial charge in [-0.2, -0.15) is 0 Å². The Bertz CT molecular complexity index is 330. The molecule has 1 nitrogen and oxygen atoms in total. The lowest BCUT2D eigenvalue weighted by Crippen LogP contribution is -2.21. The summed E-state index contributed by atoms with van der Waals surface area (Å²) in [5.74, 6) is -0.673. The molecule has 2 rings (SSSR count). The van der Waals surface area contributed by atoms with Gasteiger partial charge in [0, 0.05) is 11.6 Å². The first-order valence-electron chi connectivity index (χ1n) is 5.46. The Kier molecular flexibility index (Phi) is 3.31. The Hall–Kier alpha value is -0.960. The highest BCUT2D eigenvalue weighted by Gasteiger charge is 2.17. The Morgan fingerprint density at radius 3 is 2.87 bits per heavy atom. The van der Waals surface area contributed by atoms with E-state index < -0.39 is 0 Å². The smallest absolute Gasteiger partial charge is 0.128 e. The van der Waals surface area contributed by atoms with Crippen LogP contribution in [0, 0.1) is 11.6 Å². The van der Waals surface area contributed by atoms with Crippen molar-refractivity contribution >= 4 is 0 Å². The standard InChI is InChI=1S/C12H15F2N/c13-9-5-6-11(14)10(8-9)12-4-2-1-3-7-15-12/h5-6,8,12,15H,1-4,7H2. The summed E-state index contributed by atoms with van der Waals surface area (Å²) in [6.07, 6.45) is 4.25. The molecule has 1 aromatic carbocycles. The lowest BCUT2D eigenvalue weighted by atomic mass is 10.0. The van der Waals surface area contributed by atoms with Gasteiger partial charge in [0.25, 0.3) is 0 Å². The van der Waals surface area contributed by atoms with Crippen molar-refractivity contribution in [3.8, 4) is 0 Å². The predicted molar refractivity (Wildman–Crippen MR) is 55.6 cm³/mol. The van der Waals surface area contributed by atoms with Crippen LogP contribution in [0.2, 0.25) is 0 Å². The fourth-order valence-electron chi connectivity index (χ4n) is 2.08. The monoisotopic (exact) mass is 211 g/mol. The molecule has 1 aliphatic heterocycles. The van der Waals surface area contributed by atoms with E-state index in [1.165, 1.54) is 18.6 Å². The molecule has 0 spiro atoms. The van der Waals surface area contributed by atoms with E-state index in [2.05, 4.69) is 5.32 Å². The van der Waals surface area contributed by atoms with Crippen LogP contribution >= 0.6 is 0 Å². The molecule has 0 bridgehead atoms. The fourth-order valence-corrected chi connectivity index (χ4v) is 2.08. The van der Waals surface area contributed by atoms with Crippen molar-refractivity contribution in [3.05, 3.63) is 35.4 Å². The minimum atomic E-state index is -0.363. The highest BCUT2D eigenvalue weighted by molar-refractivity contribution is 5.22. The number of rotatable bonds is 1. The molecule has 0 radical (unpaired) electrons. The summed E-state index contributed by atoms with van der Waals surface area (Å²) in [4.78, 5) is 0. The number of halogens is 2. The first-order chi connectivity index (χ1) is 7.27. The molecule has 1 unspecified atom stereocenters. The van der Waals surface area contributed by atoms with Gasteiger partial charge in [0.2, 0.25) is 0 Å². The molecule has 15 heavy (non-hydrogen) atoms. The highest BCUT2D eigenvalue weighted by atomic mass is 19.1. The van der Waals surface area contributed by atoms with E-state index in [9.17, 15) is 8.78 Å². The van der Waals surface area contributed by atoms with Gasteiger partial charge in [0.15, 0.2) is 0 Å². The average molecular weight is 211 g/mol. The second-order valence-corrected chi connectivity index (χ2v) is 4.02. The third-order valence-electron chi connectivity index (χ3n) is 2.89. The summed E-state index contributed by atoms with van der Waals surface area (Å²) in [5.41, 5.74) is 0.469. The molecule has 3 heteroatoms. The van der Waals surface area contributed by atoms with Crippen molar-refractivity contribution in [2.45, 2.75) is 31.7 Å². The van der Waals surface area contributed by atoms with Crippen LogP contribution in [0.15, 0.2) is 18.2 Å². The summed E-state index contributed by atoms with van der Waals surface area (Å²) in [6.45, 7) is 0.890. The topological polar surface area (TPSA) is 12.0 Å². The van der Waals surface area contributed by atoms with Crippen molar-refractivity contribution in [1.82, 2.24) is 5.32 Å². The fraction of sp³-hybridized carbons (Fsp3) is 0.500. The predicted octanol–water partition coefficient (Wildman–Crippen LogP) is 3.17. The molecule has 1 saturated heterocycles. The zero-order valence-electron chi connectivity index (χ0n) is 8.60. The third-order valence-corrected chi connectivity index (χ3v) is 2.89. The SMILES string of the molecule is Fc1ccc(F)c(C2CCCCCN2)c1. The van der Waals surface area contributed by atoms with Gasteiger partial charge < -0.3 is 5.32 Å². The molecule has 0 saturated carbocycles. The second kappa shape index (κ2) is 4.71. The molecular formula is C12H15F2N. The number of hydrogen-bond donors (Lipinski definition) is 1. The first kappa shape index (κ1) is 10.6. The molecule has 0 amide bonds. The van der Waals surface area contributed by atoms with E-state index in [0.717, 1.165) is 31.9 Å². The molecule has 0 aromatic heterocycles. The van der Waals surface area contributed by atoms with Gasteiger partial charge in [-0.05, 0) is 37.6 Å². The van der Waals surface area contributed by atoms with Gasteiger partial charge >= 0.3 is 0 Å². The summed E-state index contributed by atoms with van der Waals surface area (Å²) in [6, 6.07) is 3.65. The summed E-state index contributed by atoms with van der Waals surface area (Å²) >= 11 is 0. The number of hydrogen-bond acceptors (Lipinski definition) is 1. The van der Waals surface area contributed by atoms with Crippen molar-refractivity contribution in [3.63, 3.8) is 0 Å². The molecule has 1 aliphatic rings. The lowest BCUT2D eigenvalue weighted by Gasteiger charge is -2.16. The molecule has 1 aromatic rings. The van der Waals surface area contributed by atoms with Gasteiger partial charge in [-0.15, -0.1) is 0 Å². The third kappa shape index (κ3) is 2.53. The van der Waals surface area contributed by atoms with Gasteiger partial charge in [-0.1, -0.05) is 12.8 Å². The van der Waals surface area contributed by atoms with Gasteiger partial charge in [0.1, 0.15) is 11.6 Å². The van der Waals surface area contributed by atoms with E-state index in [0.29, 0.717) is 5.56 Å². The van der Waals surface area contributed by atoms with Crippen LogP contribution in [-0.4, -0.2) is 6.54 Å². The van der Waals surface area contributed by atoms with Crippen molar-refractivity contribution in [2.75, 3.05) is 6.54 Å². The zero-order chi connectivity index (χ0) is 10.7. The van der Waals surface area contributed by atoms with Crippen LogP contribution < -0.4 is 5.32 Å². The molecule has 82 valence electrons. The maximum Gasteiger partial charge on any atom is 0.128 e. The lowest BCUT2D eigenvalue weighted by molar-refractivity contribution is 0.492. The van der Waals surface area contributed by atoms with Crippen molar-refractivity contribution in [2.24, 2.45) is 0 Å². The van der Waals surface area contributed by atoms with Crippen LogP contribution in [0.1, 0.15) is 37.3 Å². The molecule has 1 atom stereocenters. The zero-order valence-corrected chi connectivity index (χ0v) is 8.60. The Morgan fingerprint density at radius 1 is 1.13 bits per heavy atom. The first-order valence-corrected chi connectivity index (χ1v) is 5.46. The summed E-state index contributed by atoms with van der Waals surface area (Å²) in [7, 11) is 0. The van der Waals surface area contributed by atoms with Crippen LogP contribution in [0.4, 0.5) is 8.78 Å². The average Bonchev–Trinajstić information content (AvgIpc) is 2.50. The molecule has 1 fully saturated rings. The number of benzene rings is 1. The van der Waals surface area contributed by atoms with E-state index >= 15 is 0 Å². The maximum atomic E-state index is 13.5. The van der Waals surface area contributed by atoms with E-state index in [-0.39, 0.29) is 17.7 Å². The Labute approximate surface area is 88.5 Å². The maximum absolute atomic E-state index is 13.5. The molecular weight excluding hydrogens is 196 g/mol. The number of nitrogens with one attached hydrogen (secondary N) is 1. The van der Waals surface area contributed by atoms with Gasteiger partial charge in [-0.25, -0.2) is 8.78 Å². The second-order valence-electron chi connectivity index (χ2n) is 4.02. The Morgan fingerprint density at radius 2 is 2.00 bits per heavy atom. The molecule has 1 N–H and O–H groups in total. The quantitative estimate of drug-likeness (QED) is 0.752. The Balaban J connectivity index is 2.22. The van der Waals surface area contributed by atoms with Crippen LogP contribution in [-0.2, 0) is 0 Å².